The van der Waals surface area contributed by atoms with Crippen LogP contribution in [0, 0.1) is 0 Å². The summed E-state index contributed by atoms with van der Waals surface area (Å²) in [5.41, 5.74) is 3.08. The topological polar surface area (TPSA) is 92.5 Å². The second-order valence-corrected chi connectivity index (χ2v) is 4.14. The van der Waals surface area contributed by atoms with Crippen LogP contribution in [-0.2, 0) is 9.59 Å². The van der Waals surface area contributed by atoms with E-state index in [0.29, 0.717) is 6.29 Å². The van der Waals surface area contributed by atoms with Crippen molar-refractivity contribution in [2.45, 2.75) is 0 Å². The zero-order valence-corrected chi connectivity index (χ0v) is 11.5. The van der Waals surface area contributed by atoms with Crippen molar-refractivity contribution in [3.63, 3.8) is 0 Å². The Bertz CT molecular complexity index is 665. The molecule has 0 unspecified atom stereocenters. The average molecular weight is 299 g/mol. The third-order valence-corrected chi connectivity index (χ3v) is 2.60. The molecular weight excluding hydrogens is 286 g/mol. The third kappa shape index (κ3) is 4.14. The molecule has 1 N–H and O–H groups in total. The number of hydrogen-bond acceptors (Lipinski definition) is 5. The van der Waals surface area contributed by atoms with E-state index in [1.807, 2.05) is 30.3 Å². The molecule has 0 radical (unpaired) electrons. The number of aromatic nitrogens is 1. The quantitative estimate of drug-likeness (QED) is 0.506. The Morgan fingerprint density at radius 2 is 2.05 bits per heavy atom. The number of carbonyl (C=O) groups is 3. The predicted molar refractivity (Wildman–Crippen MR) is 77.2 cm³/mol. The van der Waals surface area contributed by atoms with Crippen molar-refractivity contribution in [1.29, 1.82) is 0 Å². The normalized spacial score (nSPS) is 10.4. The van der Waals surface area contributed by atoms with Crippen LogP contribution < -0.4 is 5.43 Å². The van der Waals surface area contributed by atoms with Gasteiger partial charge in [-0.15, -0.1) is 0 Å². The second-order valence-electron chi connectivity index (χ2n) is 4.14. The van der Waals surface area contributed by atoms with Crippen LogP contribution in [0.25, 0.3) is 6.08 Å². The van der Waals surface area contributed by atoms with Gasteiger partial charge in [0, 0.05) is 6.08 Å². The summed E-state index contributed by atoms with van der Waals surface area (Å²) in [4.78, 5) is 38.1. The van der Waals surface area contributed by atoms with Gasteiger partial charge in [0.25, 0.3) is 11.8 Å². The summed E-state index contributed by atoms with van der Waals surface area (Å²) in [6.07, 6.45) is 5.88. The molecule has 2 amide bonds. The molecule has 2 aromatic rings. The minimum Gasteiger partial charge on any atom is -0.441 e. The molecule has 0 aliphatic heterocycles. The summed E-state index contributed by atoms with van der Waals surface area (Å²) in [6, 6.07) is 9.15. The van der Waals surface area contributed by atoms with Crippen LogP contribution in [0.3, 0.4) is 0 Å². The SMILES string of the molecule is O=CCN(NC(=O)c1ncco1)C(=O)/C=C/c1ccccc1. The maximum Gasteiger partial charge on any atom is 0.325 e. The summed E-state index contributed by atoms with van der Waals surface area (Å²) in [7, 11) is 0. The Morgan fingerprint density at radius 1 is 1.27 bits per heavy atom. The van der Waals surface area contributed by atoms with Crippen molar-refractivity contribution in [2.75, 3.05) is 6.54 Å². The highest BCUT2D eigenvalue weighted by Crippen LogP contribution is 2.02. The molecule has 0 saturated heterocycles. The lowest BCUT2D eigenvalue weighted by Crippen LogP contribution is -2.46. The van der Waals surface area contributed by atoms with Crippen LogP contribution in [-0.4, -0.2) is 34.6 Å². The number of oxazole rings is 1. The summed E-state index contributed by atoms with van der Waals surface area (Å²) >= 11 is 0. The van der Waals surface area contributed by atoms with E-state index in [1.165, 1.54) is 18.5 Å². The summed E-state index contributed by atoms with van der Waals surface area (Å²) in [5.74, 6) is -1.46. The molecular formula is C15H13N3O4. The monoisotopic (exact) mass is 299 g/mol. The Labute approximate surface area is 126 Å². The molecule has 0 atom stereocenters. The van der Waals surface area contributed by atoms with E-state index in [2.05, 4.69) is 10.4 Å². The number of nitrogens with zero attached hydrogens (tertiary/aromatic N) is 2. The molecule has 0 fully saturated rings. The van der Waals surface area contributed by atoms with Gasteiger partial charge < -0.3 is 9.21 Å². The molecule has 0 aliphatic carbocycles. The van der Waals surface area contributed by atoms with E-state index in [4.69, 9.17) is 4.42 Å². The van der Waals surface area contributed by atoms with Gasteiger partial charge in [0.15, 0.2) is 0 Å². The lowest BCUT2D eigenvalue weighted by Gasteiger charge is -2.18. The minimum atomic E-state index is -0.715. The highest BCUT2D eigenvalue weighted by molar-refractivity contribution is 5.96. The molecule has 0 saturated carbocycles. The standard InChI is InChI=1S/C15H13N3O4/c19-10-9-18(17-14(21)15-16-8-11-22-15)13(20)7-6-12-4-2-1-3-5-12/h1-8,10-11H,9H2,(H,17,21)/b7-6+. The zero-order chi connectivity index (χ0) is 15.8. The number of benzene rings is 1. The van der Waals surface area contributed by atoms with E-state index in [9.17, 15) is 14.4 Å². The first kappa shape index (κ1) is 15.2. The third-order valence-electron chi connectivity index (χ3n) is 2.60. The van der Waals surface area contributed by atoms with Crippen LogP contribution in [0.15, 0.2) is 53.3 Å². The van der Waals surface area contributed by atoms with E-state index in [-0.39, 0.29) is 12.4 Å². The molecule has 0 bridgehead atoms. The zero-order valence-electron chi connectivity index (χ0n) is 11.5. The highest BCUT2D eigenvalue weighted by atomic mass is 16.4. The maximum absolute atomic E-state index is 12.0. The van der Waals surface area contributed by atoms with E-state index in [1.54, 1.807) is 6.08 Å². The van der Waals surface area contributed by atoms with Gasteiger partial charge in [-0.05, 0) is 11.6 Å². The molecule has 1 aromatic carbocycles. The number of carbonyl (C=O) groups excluding carboxylic acids is 3. The molecule has 1 heterocycles. The summed E-state index contributed by atoms with van der Waals surface area (Å²) < 4.78 is 4.82. The van der Waals surface area contributed by atoms with Crippen LogP contribution in [0.2, 0.25) is 0 Å². The Balaban J connectivity index is 2.03. The van der Waals surface area contributed by atoms with Crippen LogP contribution >= 0.6 is 0 Å². The first-order valence-electron chi connectivity index (χ1n) is 6.39. The lowest BCUT2D eigenvalue weighted by atomic mass is 10.2. The van der Waals surface area contributed by atoms with Crippen molar-refractivity contribution in [1.82, 2.24) is 15.4 Å². The van der Waals surface area contributed by atoms with Gasteiger partial charge in [0.1, 0.15) is 12.5 Å². The Morgan fingerprint density at radius 3 is 2.68 bits per heavy atom. The molecule has 0 aliphatic rings. The fourth-order valence-electron chi connectivity index (χ4n) is 1.59. The summed E-state index contributed by atoms with van der Waals surface area (Å²) in [5, 5.41) is 0.874. The fourth-order valence-corrected chi connectivity index (χ4v) is 1.59. The van der Waals surface area contributed by atoms with E-state index in [0.717, 1.165) is 10.6 Å². The first-order valence-corrected chi connectivity index (χ1v) is 6.39. The van der Waals surface area contributed by atoms with Gasteiger partial charge in [-0.3, -0.25) is 15.0 Å². The van der Waals surface area contributed by atoms with E-state index < -0.39 is 11.8 Å². The Hall–Kier alpha value is -3.22. The maximum atomic E-state index is 12.0. The first-order chi connectivity index (χ1) is 10.7. The number of hydrazine groups is 1. The summed E-state index contributed by atoms with van der Waals surface area (Å²) in [6.45, 7) is -0.287. The molecule has 2 rings (SSSR count). The molecule has 0 spiro atoms. The molecule has 1 aromatic heterocycles. The van der Waals surface area contributed by atoms with Gasteiger partial charge in [0.2, 0.25) is 0 Å². The predicted octanol–water partition coefficient (Wildman–Crippen LogP) is 1.06. The minimum absolute atomic E-state index is 0.198. The van der Waals surface area contributed by atoms with Crippen molar-refractivity contribution in [3.8, 4) is 0 Å². The van der Waals surface area contributed by atoms with Gasteiger partial charge >= 0.3 is 5.91 Å². The smallest absolute Gasteiger partial charge is 0.325 e. The van der Waals surface area contributed by atoms with Crippen molar-refractivity contribution in [3.05, 3.63) is 60.3 Å². The number of nitrogens with one attached hydrogen (secondary N) is 1. The van der Waals surface area contributed by atoms with Crippen LogP contribution in [0.5, 0.6) is 0 Å². The Kier molecular flexibility index (Phi) is 5.20. The number of hydrogen-bond donors (Lipinski definition) is 1. The van der Waals surface area contributed by atoms with Crippen molar-refractivity contribution >= 4 is 24.2 Å². The molecule has 112 valence electrons. The largest absolute Gasteiger partial charge is 0.441 e. The van der Waals surface area contributed by atoms with Crippen LogP contribution in [0.1, 0.15) is 16.2 Å². The molecule has 22 heavy (non-hydrogen) atoms. The molecule has 7 nitrogen and oxygen atoms in total. The molecule has 7 heteroatoms. The second kappa shape index (κ2) is 7.53. The number of rotatable bonds is 5. The fraction of sp³-hybridized carbons (Fsp3) is 0.0667. The lowest BCUT2D eigenvalue weighted by molar-refractivity contribution is -0.130. The highest BCUT2D eigenvalue weighted by Gasteiger charge is 2.17. The number of aldehydes is 1. The van der Waals surface area contributed by atoms with Crippen molar-refractivity contribution in [2.24, 2.45) is 0 Å². The van der Waals surface area contributed by atoms with Crippen LogP contribution in [0.4, 0.5) is 0 Å². The van der Waals surface area contributed by atoms with Crippen molar-refractivity contribution < 1.29 is 18.8 Å². The van der Waals surface area contributed by atoms with Gasteiger partial charge in [-0.2, -0.15) is 0 Å². The number of amides is 2. The van der Waals surface area contributed by atoms with E-state index >= 15 is 0 Å². The van der Waals surface area contributed by atoms with Gasteiger partial charge in [-0.1, -0.05) is 30.3 Å². The average Bonchev–Trinajstić information content (AvgIpc) is 3.07. The van der Waals surface area contributed by atoms with Gasteiger partial charge in [0.05, 0.1) is 12.7 Å². The van der Waals surface area contributed by atoms with Gasteiger partial charge in [-0.25, -0.2) is 9.99 Å².